The summed E-state index contributed by atoms with van der Waals surface area (Å²) in [7, 11) is 3.47. The summed E-state index contributed by atoms with van der Waals surface area (Å²) < 4.78 is 10.4. The Hall–Kier alpha value is -0.940. The molecule has 0 saturated heterocycles. The molecule has 0 spiro atoms. The van der Waals surface area contributed by atoms with Crippen molar-refractivity contribution >= 4 is 0 Å². The van der Waals surface area contributed by atoms with E-state index in [4.69, 9.17) is 15.2 Å². The van der Waals surface area contributed by atoms with Gasteiger partial charge in [0, 0.05) is 39.9 Å². The third kappa shape index (κ3) is 5.70. The molecule has 0 saturated carbocycles. The molecular formula is C15H26N2O2. The van der Waals surface area contributed by atoms with Crippen molar-refractivity contribution in [1.82, 2.24) is 4.90 Å². The molecule has 1 rings (SSSR count). The van der Waals surface area contributed by atoms with Crippen LogP contribution in [0.2, 0.25) is 0 Å². The molecular weight excluding hydrogens is 240 g/mol. The maximum absolute atomic E-state index is 5.68. The lowest BCUT2D eigenvalue weighted by molar-refractivity contribution is 0.0705. The number of hydrogen-bond donors (Lipinski definition) is 1. The molecule has 1 aromatic rings. The number of nitrogens with zero attached hydrogens (tertiary/aromatic N) is 1. The fourth-order valence-electron chi connectivity index (χ4n) is 2.10. The molecule has 108 valence electrons. The summed E-state index contributed by atoms with van der Waals surface area (Å²) >= 11 is 0. The van der Waals surface area contributed by atoms with Crippen LogP contribution in [-0.2, 0) is 22.6 Å². The predicted octanol–water partition coefficient (Wildman–Crippen LogP) is 1.63. The smallest absolute Gasteiger partial charge is 0.0615 e. The van der Waals surface area contributed by atoms with Crippen molar-refractivity contribution in [3.63, 3.8) is 0 Å². The van der Waals surface area contributed by atoms with Crippen LogP contribution in [0.3, 0.4) is 0 Å². The van der Waals surface area contributed by atoms with E-state index in [1.54, 1.807) is 14.2 Å². The van der Waals surface area contributed by atoms with Crippen LogP contribution >= 0.6 is 0 Å². The van der Waals surface area contributed by atoms with Crippen molar-refractivity contribution in [2.24, 2.45) is 5.73 Å². The van der Waals surface area contributed by atoms with Crippen molar-refractivity contribution in [3.8, 4) is 0 Å². The fourth-order valence-corrected chi connectivity index (χ4v) is 2.10. The molecule has 0 aromatic heterocycles. The molecule has 0 fully saturated rings. The Kier molecular flexibility index (Phi) is 7.67. The number of nitrogens with two attached hydrogens (primary N) is 1. The van der Waals surface area contributed by atoms with Gasteiger partial charge in [-0.3, -0.25) is 4.90 Å². The summed E-state index contributed by atoms with van der Waals surface area (Å²) in [5.74, 6) is 0. The molecule has 0 aliphatic heterocycles. The highest BCUT2D eigenvalue weighted by Gasteiger charge is 2.14. The summed E-state index contributed by atoms with van der Waals surface area (Å²) in [6, 6.07) is 8.79. The molecule has 1 atom stereocenters. The third-order valence-electron chi connectivity index (χ3n) is 3.23. The van der Waals surface area contributed by atoms with E-state index in [0.717, 1.165) is 26.3 Å². The van der Waals surface area contributed by atoms with Gasteiger partial charge in [-0.2, -0.15) is 0 Å². The maximum atomic E-state index is 5.68. The minimum atomic E-state index is 0.363. The highest BCUT2D eigenvalue weighted by atomic mass is 16.5. The van der Waals surface area contributed by atoms with Gasteiger partial charge in [0.2, 0.25) is 0 Å². The first-order valence-electron chi connectivity index (χ1n) is 6.71. The lowest BCUT2D eigenvalue weighted by Crippen LogP contribution is -2.38. The zero-order valence-corrected chi connectivity index (χ0v) is 12.3. The van der Waals surface area contributed by atoms with Gasteiger partial charge in [-0.05, 0) is 18.1 Å². The van der Waals surface area contributed by atoms with E-state index < -0.39 is 0 Å². The van der Waals surface area contributed by atoms with Crippen LogP contribution in [0.4, 0.5) is 0 Å². The molecule has 19 heavy (non-hydrogen) atoms. The van der Waals surface area contributed by atoms with Crippen molar-refractivity contribution < 1.29 is 9.47 Å². The van der Waals surface area contributed by atoms with E-state index in [1.165, 1.54) is 11.1 Å². The standard InChI is InChI=1S/C15H26N2O2/c1-13(12-19-3)17(7-8-18-2)11-15-6-4-5-14(9-15)10-16/h4-6,9,13H,7-8,10-12,16H2,1-3H3. The van der Waals surface area contributed by atoms with Crippen LogP contribution in [-0.4, -0.2) is 44.9 Å². The number of hydrogen-bond acceptors (Lipinski definition) is 4. The van der Waals surface area contributed by atoms with Crippen molar-refractivity contribution in [2.45, 2.75) is 26.1 Å². The minimum Gasteiger partial charge on any atom is -0.383 e. The summed E-state index contributed by atoms with van der Waals surface area (Å²) in [5, 5.41) is 0. The van der Waals surface area contributed by atoms with Crippen LogP contribution < -0.4 is 5.73 Å². The Morgan fingerprint density at radius 1 is 1.21 bits per heavy atom. The highest BCUT2D eigenvalue weighted by Crippen LogP contribution is 2.11. The molecule has 0 heterocycles. The van der Waals surface area contributed by atoms with Gasteiger partial charge in [-0.1, -0.05) is 24.3 Å². The number of ether oxygens (including phenoxy) is 2. The Bertz CT molecular complexity index is 358. The molecule has 2 N–H and O–H groups in total. The molecule has 4 heteroatoms. The Morgan fingerprint density at radius 3 is 2.58 bits per heavy atom. The van der Waals surface area contributed by atoms with E-state index in [9.17, 15) is 0 Å². The molecule has 1 aromatic carbocycles. The average molecular weight is 266 g/mol. The molecule has 1 unspecified atom stereocenters. The van der Waals surface area contributed by atoms with Gasteiger partial charge >= 0.3 is 0 Å². The number of methoxy groups -OCH3 is 2. The Morgan fingerprint density at radius 2 is 1.95 bits per heavy atom. The van der Waals surface area contributed by atoms with E-state index in [0.29, 0.717) is 12.6 Å². The lowest BCUT2D eigenvalue weighted by Gasteiger charge is -2.28. The maximum Gasteiger partial charge on any atom is 0.0615 e. The quantitative estimate of drug-likeness (QED) is 0.738. The van der Waals surface area contributed by atoms with Gasteiger partial charge < -0.3 is 15.2 Å². The van der Waals surface area contributed by atoms with E-state index in [1.807, 2.05) is 0 Å². The predicted molar refractivity (Wildman–Crippen MR) is 78.0 cm³/mol. The summed E-state index contributed by atoms with van der Waals surface area (Å²) in [5.41, 5.74) is 8.13. The highest BCUT2D eigenvalue weighted by molar-refractivity contribution is 5.23. The topological polar surface area (TPSA) is 47.7 Å². The molecule has 4 nitrogen and oxygen atoms in total. The van der Waals surface area contributed by atoms with E-state index in [-0.39, 0.29) is 0 Å². The first kappa shape index (κ1) is 16.1. The van der Waals surface area contributed by atoms with Gasteiger partial charge in [0.05, 0.1) is 13.2 Å². The van der Waals surface area contributed by atoms with Crippen LogP contribution in [0.25, 0.3) is 0 Å². The molecule has 0 radical (unpaired) electrons. The second-order valence-corrected chi connectivity index (χ2v) is 4.79. The Labute approximate surface area is 116 Å². The number of benzene rings is 1. The lowest BCUT2D eigenvalue weighted by atomic mass is 10.1. The SMILES string of the molecule is COCCN(Cc1cccc(CN)c1)C(C)COC. The minimum absolute atomic E-state index is 0.363. The average Bonchev–Trinajstić information content (AvgIpc) is 2.43. The molecule has 0 aliphatic carbocycles. The number of rotatable bonds is 9. The molecule has 0 amide bonds. The van der Waals surface area contributed by atoms with Gasteiger partial charge in [0.15, 0.2) is 0 Å². The van der Waals surface area contributed by atoms with Gasteiger partial charge in [0.1, 0.15) is 0 Å². The zero-order valence-electron chi connectivity index (χ0n) is 12.3. The van der Waals surface area contributed by atoms with Gasteiger partial charge in [-0.25, -0.2) is 0 Å². The first-order chi connectivity index (χ1) is 9.21. The summed E-state index contributed by atoms with van der Waals surface area (Å²) in [4.78, 5) is 2.36. The van der Waals surface area contributed by atoms with Crippen molar-refractivity contribution in [2.75, 3.05) is 34.0 Å². The monoisotopic (exact) mass is 266 g/mol. The third-order valence-corrected chi connectivity index (χ3v) is 3.23. The van der Waals surface area contributed by atoms with Crippen molar-refractivity contribution in [3.05, 3.63) is 35.4 Å². The van der Waals surface area contributed by atoms with Crippen LogP contribution in [0.1, 0.15) is 18.1 Å². The van der Waals surface area contributed by atoms with Gasteiger partial charge in [0.25, 0.3) is 0 Å². The fraction of sp³-hybridized carbons (Fsp3) is 0.600. The zero-order chi connectivity index (χ0) is 14.1. The second-order valence-electron chi connectivity index (χ2n) is 4.79. The van der Waals surface area contributed by atoms with Crippen LogP contribution in [0, 0.1) is 0 Å². The van der Waals surface area contributed by atoms with Crippen LogP contribution in [0.5, 0.6) is 0 Å². The molecule has 0 bridgehead atoms. The van der Waals surface area contributed by atoms with Crippen molar-refractivity contribution in [1.29, 1.82) is 0 Å². The summed E-state index contributed by atoms with van der Waals surface area (Å²) in [6.45, 7) is 5.99. The summed E-state index contributed by atoms with van der Waals surface area (Å²) in [6.07, 6.45) is 0. The molecule has 0 aliphatic rings. The normalized spacial score (nSPS) is 12.9. The van der Waals surface area contributed by atoms with E-state index >= 15 is 0 Å². The van der Waals surface area contributed by atoms with E-state index in [2.05, 4.69) is 36.1 Å². The second kappa shape index (κ2) is 9.04. The van der Waals surface area contributed by atoms with Crippen LogP contribution in [0.15, 0.2) is 24.3 Å². The largest absolute Gasteiger partial charge is 0.383 e. The Balaban J connectivity index is 2.68. The first-order valence-corrected chi connectivity index (χ1v) is 6.71. The van der Waals surface area contributed by atoms with Gasteiger partial charge in [-0.15, -0.1) is 0 Å².